The Labute approximate surface area is 75.8 Å². The lowest BCUT2D eigenvalue weighted by Crippen LogP contribution is -2.20. The van der Waals surface area contributed by atoms with Crippen LogP contribution in [0, 0.1) is 0 Å². The minimum absolute atomic E-state index is 0. The maximum absolute atomic E-state index is 5.03. The molecule has 0 saturated carbocycles. The van der Waals surface area contributed by atoms with Crippen LogP contribution in [-0.4, -0.2) is 4.98 Å². The standard InChI is InChI=1S/C4H7N3S.2ClH/c5-7-1-4-2-8-3-6-4;;/h2-3,7H,1,5H2;2*1H. The highest BCUT2D eigenvalue weighted by atomic mass is 35.5. The van der Waals surface area contributed by atoms with Gasteiger partial charge in [0.1, 0.15) is 0 Å². The van der Waals surface area contributed by atoms with E-state index in [0.29, 0.717) is 6.54 Å². The number of thiazole rings is 1. The fraction of sp³-hybridized carbons (Fsp3) is 0.250. The van der Waals surface area contributed by atoms with E-state index in [1.165, 1.54) is 0 Å². The monoisotopic (exact) mass is 201 g/mol. The molecule has 1 heterocycles. The Bertz CT molecular complexity index is 144. The molecular weight excluding hydrogens is 193 g/mol. The largest absolute Gasteiger partial charge is 0.271 e. The summed E-state index contributed by atoms with van der Waals surface area (Å²) in [5, 5.41) is 1.96. The summed E-state index contributed by atoms with van der Waals surface area (Å²) >= 11 is 1.57. The predicted molar refractivity (Wildman–Crippen MR) is 47.6 cm³/mol. The summed E-state index contributed by atoms with van der Waals surface area (Å²) in [7, 11) is 0. The van der Waals surface area contributed by atoms with Crippen molar-refractivity contribution in [1.29, 1.82) is 0 Å². The Morgan fingerprint density at radius 3 is 2.70 bits per heavy atom. The molecule has 1 aromatic heterocycles. The molecule has 0 atom stereocenters. The van der Waals surface area contributed by atoms with Gasteiger partial charge in [0, 0.05) is 5.38 Å². The van der Waals surface area contributed by atoms with Crippen molar-refractivity contribution in [3.63, 3.8) is 0 Å². The second-order valence-corrected chi connectivity index (χ2v) is 2.08. The molecular formula is C4H9Cl2N3S. The van der Waals surface area contributed by atoms with Crippen molar-refractivity contribution in [3.8, 4) is 0 Å². The lowest BCUT2D eigenvalue weighted by molar-refractivity contribution is 0.727. The third-order valence-electron chi connectivity index (χ3n) is 0.767. The summed E-state index contributed by atoms with van der Waals surface area (Å²) < 4.78 is 0. The molecule has 60 valence electrons. The van der Waals surface area contributed by atoms with Crippen molar-refractivity contribution in [2.24, 2.45) is 5.84 Å². The van der Waals surface area contributed by atoms with E-state index in [2.05, 4.69) is 10.4 Å². The molecule has 1 rings (SSSR count). The van der Waals surface area contributed by atoms with Crippen molar-refractivity contribution in [1.82, 2.24) is 10.4 Å². The number of hydrogen-bond acceptors (Lipinski definition) is 4. The van der Waals surface area contributed by atoms with Crippen LogP contribution in [0.5, 0.6) is 0 Å². The summed E-state index contributed by atoms with van der Waals surface area (Å²) in [5.41, 5.74) is 5.30. The Balaban J connectivity index is 0. The number of nitrogens with one attached hydrogen (secondary N) is 1. The van der Waals surface area contributed by atoms with Crippen molar-refractivity contribution >= 4 is 36.2 Å². The van der Waals surface area contributed by atoms with Crippen LogP contribution in [0.2, 0.25) is 0 Å². The van der Waals surface area contributed by atoms with E-state index in [0.717, 1.165) is 5.69 Å². The molecule has 0 aromatic carbocycles. The molecule has 0 radical (unpaired) electrons. The average molecular weight is 202 g/mol. The van der Waals surface area contributed by atoms with Gasteiger partial charge in [-0.2, -0.15) is 0 Å². The molecule has 0 spiro atoms. The summed E-state index contributed by atoms with van der Waals surface area (Å²) in [6, 6.07) is 0. The zero-order valence-corrected chi connectivity index (χ0v) is 7.56. The first kappa shape index (κ1) is 12.8. The second kappa shape index (κ2) is 7.24. The number of nitrogens with zero attached hydrogens (tertiary/aromatic N) is 1. The highest BCUT2D eigenvalue weighted by Gasteiger charge is 1.87. The molecule has 0 aliphatic rings. The quantitative estimate of drug-likeness (QED) is 0.554. The van der Waals surface area contributed by atoms with Crippen LogP contribution >= 0.6 is 36.2 Å². The summed E-state index contributed by atoms with van der Waals surface area (Å²) in [5.74, 6) is 5.03. The SMILES string of the molecule is Cl.Cl.NNCc1cscn1. The predicted octanol–water partition coefficient (Wildman–Crippen LogP) is 0.950. The number of hydrogen-bond donors (Lipinski definition) is 2. The van der Waals surface area contributed by atoms with Crippen molar-refractivity contribution in [3.05, 3.63) is 16.6 Å². The molecule has 0 unspecified atom stereocenters. The molecule has 0 aliphatic carbocycles. The molecule has 0 bridgehead atoms. The van der Waals surface area contributed by atoms with Crippen LogP contribution in [0.15, 0.2) is 10.9 Å². The summed E-state index contributed by atoms with van der Waals surface area (Å²) in [4.78, 5) is 3.98. The Hall–Kier alpha value is 0.130. The summed E-state index contributed by atoms with van der Waals surface area (Å²) in [6.07, 6.45) is 0. The van der Waals surface area contributed by atoms with Crippen molar-refractivity contribution in [2.75, 3.05) is 0 Å². The van der Waals surface area contributed by atoms with E-state index in [4.69, 9.17) is 5.84 Å². The van der Waals surface area contributed by atoms with E-state index >= 15 is 0 Å². The Morgan fingerprint density at radius 1 is 1.60 bits per heavy atom. The van der Waals surface area contributed by atoms with Gasteiger partial charge < -0.3 is 0 Å². The average Bonchev–Trinajstić information content (AvgIpc) is 2.19. The van der Waals surface area contributed by atoms with Crippen molar-refractivity contribution in [2.45, 2.75) is 6.54 Å². The van der Waals surface area contributed by atoms with E-state index < -0.39 is 0 Å². The van der Waals surface area contributed by atoms with Crippen LogP contribution in [0.25, 0.3) is 0 Å². The molecule has 10 heavy (non-hydrogen) atoms. The number of hydrazine groups is 1. The second-order valence-electron chi connectivity index (χ2n) is 1.36. The van der Waals surface area contributed by atoms with Crippen LogP contribution in [0.1, 0.15) is 5.69 Å². The minimum Gasteiger partial charge on any atom is -0.271 e. The number of halogens is 2. The first-order valence-corrected chi connectivity index (χ1v) is 3.18. The van der Waals surface area contributed by atoms with E-state index in [1.54, 1.807) is 16.8 Å². The molecule has 3 nitrogen and oxygen atoms in total. The Kier molecular flexibility index (Phi) is 9.25. The fourth-order valence-corrected chi connectivity index (χ4v) is 0.988. The number of rotatable bonds is 2. The molecule has 0 amide bonds. The zero-order chi connectivity index (χ0) is 5.82. The molecule has 3 N–H and O–H groups in total. The van der Waals surface area contributed by atoms with Crippen LogP contribution in [0.3, 0.4) is 0 Å². The van der Waals surface area contributed by atoms with Gasteiger partial charge in [0.25, 0.3) is 0 Å². The van der Waals surface area contributed by atoms with Gasteiger partial charge in [-0.15, -0.1) is 36.2 Å². The normalized spacial score (nSPS) is 7.70. The van der Waals surface area contributed by atoms with E-state index in [1.807, 2.05) is 5.38 Å². The van der Waals surface area contributed by atoms with Crippen molar-refractivity contribution < 1.29 is 0 Å². The summed E-state index contributed by atoms with van der Waals surface area (Å²) in [6.45, 7) is 0.656. The number of nitrogens with two attached hydrogens (primary N) is 1. The number of aromatic nitrogens is 1. The maximum Gasteiger partial charge on any atom is 0.0795 e. The van der Waals surface area contributed by atoms with Crippen LogP contribution < -0.4 is 11.3 Å². The van der Waals surface area contributed by atoms with Gasteiger partial charge in [0.15, 0.2) is 0 Å². The zero-order valence-electron chi connectivity index (χ0n) is 5.11. The Morgan fingerprint density at radius 2 is 2.30 bits per heavy atom. The first-order valence-electron chi connectivity index (χ1n) is 2.24. The first-order chi connectivity index (χ1) is 3.93. The lowest BCUT2D eigenvalue weighted by Gasteiger charge is -1.88. The smallest absolute Gasteiger partial charge is 0.0795 e. The van der Waals surface area contributed by atoms with Gasteiger partial charge in [-0.25, -0.2) is 4.98 Å². The molecule has 0 aliphatic heterocycles. The van der Waals surface area contributed by atoms with Crippen LogP contribution in [-0.2, 0) is 6.54 Å². The van der Waals surface area contributed by atoms with Gasteiger partial charge in [-0.05, 0) is 0 Å². The third kappa shape index (κ3) is 4.03. The highest BCUT2D eigenvalue weighted by Crippen LogP contribution is 1.98. The molecule has 0 fully saturated rings. The van der Waals surface area contributed by atoms with E-state index in [-0.39, 0.29) is 24.8 Å². The molecule has 6 heteroatoms. The van der Waals surface area contributed by atoms with Gasteiger partial charge >= 0.3 is 0 Å². The van der Waals surface area contributed by atoms with Gasteiger partial charge in [-0.3, -0.25) is 11.3 Å². The van der Waals surface area contributed by atoms with E-state index in [9.17, 15) is 0 Å². The van der Waals surface area contributed by atoms with Gasteiger partial charge in [0.05, 0.1) is 17.7 Å². The molecule has 1 aromatic rings. The topological polar surface area (TPSA) is 50.9 Å². The minimum atomic E-state index is 0. The molecule has 0 saturated heterocycles. The fourth-order valence-electron chi connectivity index (χ4n) is 0.429. The van der Waals surface area contributed by atoms with Gasteiger partial charge in [-0.1, -0.05) is 0 Å². The third-order valence-corrected chi connectivity index (χ3v) is 1.40. The highest BCUT2D eigenvalue weighted by molar-refractivity contribution is 7.07. The maximum atomic E-state index is 5.03. The van der Waals surface area contributed by atoms with Crippen LogP contribution in [0.4, 0.5) is 0 Å². The lowest BCUT2D eigenvalue weighted by atomic mass is 10.5. The van der Waals surface area contributed by atoms with Gasteiger partial charge in [0.2, 0.25) is 0 Å².